The van der Waals surface area contributed by atoms with Crippen molar-refractivity contribution in [3.05, 3.63) is 96.6 Å². The summed E-state index contributed by atoms with van der Waals surface area (Å²) in [4.78, 5) is 25.9. The lowest BCUT2D eigenvalue weighted by atomic mass is 9.78. The van der Waals surface area contributed by atoms with Crippen molar-refractivity contribution in [1.82, 2.24) is 0 Å². The molecule has 10 aliphatic rings. The molecule has 0 aromatic heterocycles. The number of fused-ring (bicyclic) bond motifs is 11. The van der Waals surface area contributed by atoms with Gasteiger partial charge in [0.1, 0.15) is 31.0 Å². The summed E-state index contributed by atoms with van der Waals surface area (Å²) in [7, 11) is 0. The minimum atomic E-state index is -0.742. The smallest absolute Gasteiger partial charge is 0.339 e. The van der Waals surface area contributed by atoms with Crippen LogP contribution >= 0.6 is 0 Å². The quantitative estimate of drug-likeness (QED) is 0.146. The van der Waals surface area contributed by atoms with Gasteiger partial charge in [-0.2, -0.15) is 0 Å². The molecule has 22 atom stereocenters. The molecule has 0 spiro atoms. The summed E-state index contributed by atoms with van der Waals surface area (Å²) < 4.78 is 74.9. The summed E-state index contributed by atoms with van der Waals surface area (Å²) in [5.74, 6) is -0.0878. The van der Waals surface area contributed by atoms with Gasteiger partial charge in [0.05, 0.1) is 109 Å². The maximum absolute atomic E-state index is 13.5. The minimum absolute atomic E-state index is 0.0550. The van der Waals surface area contributed by atoms with Gasteiger partial charge in [0.15, 0.2) is 0 Å². The van der Waals surface area contributed by atoms with Crippen molar-refractivity contribution >= 4 is 33.5 Å². The van der Waals surface area contributed by atoms with Crippen molar-refractivity contribution in [2.75, 3.05) is 6.61 Å². The monoisotopic (exact) mass is 1070 g/mol. The van der Waals surface area contributed by atoms with E-state index in [2.05, 4.69) is 70.7 Å². The van der Waals surface area contributed by atoms with Crippen LogP contribution in [0, 0.1) is 11.8 Å². The zero-order valence-electron chi connectivity index (χ0n) is 45.8. The lowest BCUT2D eigenvalue weighted by molar-refractivity contribution is -0.316. The summed E-state index contributed by atoms with van der Waals surface area (Å²) in [5.41, 5.74) is 0.0871. The molecular formula is C64H80O14. The number of hydrogen-bond acceptors (Lipinski definition) is 14. The highest BCUT2D eigenvalue weighted by Crippen LogP contribution is 2.49. The SMILES string of the molecule is C=C(COC(=O)c1cccc2cc3ccccc3cc12)CC1CC(O)C2OC3CC4(C)OC5/C=C\CC6OC7C(C)CC8OC9(C)CC(C)CC%10OC(=O)CC%10OC9CC8OC7C/C=C\CC6OC5CCCC4OC3CC2O1. The van der Waals surface area contributed by atoms with Crippen LogP contribution in [0.4, 0.5) is 0 Å². The fourth-order valence-electron chi connectivity index (χ4n) is 15.6. The number of aliphatic hydroxyl groups is 1. The van der Waals surface area contributed by atoms with E-state index in [1.807, 2.05) is 36.4 Å². The van der Waals surface area contributed by atoms with Crippen LogP contribution in [-0.2, 0) is 56.9 Å². The van der Waals surface area contributed by atoms with Crippen LogP contribution in [0.5, 0.6) is 0 Å². The molecule has 78 heavy (non-hydrogen) atoms. The van der Waals surface area contributed by atoms with Crippen LogP contribution in [0.2, 0.25) is 0 Å². The van der Waals surface area contributed by atoms with E-state index in [0.717, 1.165) is 78.5 Å². The van der Waals surface area contributed by atoms with E-state index in [-0.39, 0.29) is 123 Å². The normalized spacial score (nSPS) is 45.2. The Morgan fingerprint density at radius 3 is 2.24 bits per heavy atom. The largest absolute Gasteiger partial charge is 0.459 e. The molecule has 8 fully saturated rings. The first kappa shape index (κ1) is 53.3. The topological polar surface area (TPSA) is 156 Å². The highest BCUT2D eigenvalue weighted by molar-refractivity contribution is 6.09. The number of rotatable bonds is 5. The first-order valence-electron chi connectivity index (χ1n) is 29.6. The zero-order valence-corrected chi connectivity index (χ0v) is 45.8. The Kier molecular flexibility index (Phi) is 14.8. The first-order chi connectivity index (χ1) is 37.7. The zero-order chi connectivity index (χ0) is 53.5. The Morgan fingerprint density at radius 2 is 1.38 bits per heavy atom. The fraction of sp³-hybridized carbons (Fsp3) is 0.656. The van der Waals surface area contributed by atoms with Crippen LogP contribution < -0.4 is 0 Å². The van der Waals surface area contributed by atoms with Crippen LogP contribution in [0.1, 0.15) is 134 Å². The highest BCUT2D eigenvalue weighted by Gasteiger charge is 2.57. The predicted octanol–water partition coefficient (Wildman–Crippen LogP) is 9.92. The molecule has 0 aliphatic carbocycles. The third kappa shape index (κ3) is 10.6. The summed E-state index contributed by atoms with van der Waals surface area (Å²) >= 11 is 0. The molecule has 8 saturated heterocycles. The predicted molar refractivity (Wildman–Crippen MR) is 290 cm³/mol. The van der Waals surface area contributed by atoms with E-state index >= 15 is 0 Å². The molecule has 22 unspecified atom stereocenters. The van der Waals surface area contributed by atoms with Gasteiger partial charge in [-0.25, -0.2) is 4.79 Å². The first-order valence-corrected chi connectivity index (χ1v) is 29.6. The minimum Gasteiger partial charge on any atom is -0.459 e. The Morgan fingerprint density at radius 1 is 0.654 bits per heavy atom. The maximum atomic E-state index is 13.5. The number of ether oxygens (including phenoxy) is 11. The highest BCUT2D eigenvalue weighted by atomic mass is 16.6. The lowest BCUT2D eigenvalue weighted by Gasteiger charge is -2.55. The van der Waals surface area contributed by atoms with E-state index in [1.165, 1.54) is 0 Å². The van der Waals surface area contributed by atoms with Crippen molar-refractivity contribution in [3.8, 4) is 0 Å². The maximum Gasteiger partial charge on any atom is 0.339 e. The van der Waals surface area contributed by atoms with Gasteiger partial charge >= 0.3 is 11.9 Å². The van der Waals surface area contributed by atoms with Gasteiger partial charge in [0.2, 0.25) is 0 Å². The average molecular weight is 1070 g/mol. The number of esters is 2. The second-order valence-corrected chi connectivity index (χ2v) is 25.5. The third-order valence-corrected chi connectivity index (χ3v) is 19.4. The van der Waals surface area contributed by atoms with Gasteiger partial charge in [-0.3, -0.25) is 4.79 Å². The molecule has 14 heteroatoms. The fourth-order valence-corrected chi connectivity index (χ4v) is 15.6. The van der Waals surface area contributed by atoms with E-state index in [9.17, 15) is 14.7 Å². The van der Waals surface area contributed by atoms with E-state index in [0.29, 0.717) is 50.0 Å². The van der Waals surface area contributed by atoms with Crippen molar-refractivity contribution in [3.63, 3.8) is 0 Å². The summed E-state index contributed by atoms with van der Waals surface area (Å²) in [6.07, 6.45) is 14.4. The molecule has 1 N–H and O–H groups in total. The molecule has 3 aromatic carbocycles. The van der Waals surface area contributed by atoms with E-state index in [4.69, 9.17) is 52.1 Å². The van der Waals surface area contributed by atoms with Crippen molar-refractivity contribution in [2.24, 2.45) is 11.8 Å². The second kappa shape index (κ2) is 21.7. The molecule has 3 aromatic rings. The Labute approximate surface area is 458 Å². The van der Waals surface area contributed by atoms with Crippen molar-refractivity contribution < 1.29 is 66.8 Å². The molecule has 14 nitrogen and oxygen atoms in total. The average Bonchev–Trinajstić information content (AvgIpc) is 3.85. The van der Waals surface area contributed by atoms with Gasteiger partial charge < -0.3 is 57.2 Å². The molecular weight excluding hydrogens is 993 g/mol. The summed E-state index contributed by atoms with van der Waals surface area (Å²) in [6, 6.07) is 18.0. The van der Waals surface area contributed by atoms with E-state index in [1.54, 1.807) is 6.07 Å². The summed E-state index contributed by atoms with van der Waals surface area (Å²) in [6.45, 7) is 13.2. The Hall–Kier alpha value is -4.06. The molecule has 0 radical (unpaired) electrons. The van der Waals surface area contributed by atoms with Crippen molar-refractivity contribution in [2.45, 2.75) is 245 Å². The van der Waals surface area contributed by atoms with Gasteiger partial charge in [0, 0.05) is 25.7 Å². The third-order valence-electron chi connectivity index (χ3n) is 19.4. The molecule has 0 amide bonds. The molecule has 10 heterocycles. The Bertz CT molecular complexity index is 2780. The van der Waals surface area contributed by atoms with Gasteiger partial charge in [-0.1, -0.05) is 81.1 Å². The number of aliphatic hydroxyl groups excluding tert-OH is 1. The number of benzene rings is 3. The summed E-state index contributed by atoms with van der Waals surface area (Å²) in [5, 5.41) is 15.7. The number of carbonyl (C=O) groups excluding carboxylic acids is 2. The molecule has 420 valence electrons. The second-order valence-electron chi connectivity index (χ2n) is 25.5. The van der Waals surface area contributed by atoms with Crippen LogP contribution in [-0.4, -0.2) is 145 Å². The molecule has 10 aliphatic heterocycles. The van der Waals surface area contributed by atoms with Crippen LogP contribution in [0.3, 0.4) is 0 Å². The van der Waals surface area contributed by atoms with Crippen LogP contribution in [0.25, 0.3) is 21.5 Å². The molecule has 0 saturated carbocycles. The number of carbonyl (C=O) groups is 2. The Balaban J connectivity index is 0.630. The van der Waals surface area contributed by atoms with Gasteiger partial charge in [0.25, 0.3) is 0 Å². The van der Waals surface area contributed by atoms with Gasteiger partial charge in [-0.05, 0) is 135 Å². The van der Waals surface area contributed by atoms with E-state index < -0.39 is 29.4 Å². The van der Waals surface area contributed by atoms with Crippen molar-refractivity contribution in [1.29, 1.82) is 0 Å². The van der Waals surface area contributed by atoms with Gasteiger partial charge in [-0.15, -0.1) is 0 Å². The standard InChI is InChI=1S/C64H80O14/c1-35-24-50-53(31-59(66)74-50)73-58-30-52-54(78-63(58,4)32-35)25-37(3)60-49(71-52)18-9-8-17-45-46(75-60)19-11-21-48-47(70-45)20-12-22-57-64(5,77-48)33-56-51(72-57)29-55-61(76-56)44(65)28-41(69-55)23-36(2)34-68-62(67)42-16-10-15-40-26-38-13-6-7-14-39(38)27-43(40)42/h6-11,13-16,21,26-27,35,37,41,44-58,60-61,65H,2,12,17-20,22-25,28-34H2,1,3-5H3/b9-8-,21-11-. The van der Waals surface area contributed by atoms with Crippen LogP contribution in [0.15, 0.2) is 91.1 Å². The molecule has 0 bridgehead atoms. The lowest BCUT2D eigenvalue weighted by Crippen LogP contribution is -2.65. The number of hydrogen-bond donors (Lipinski definition) is 1. The molecule has 13 rings (SSSR count).